The number of rotatable bonds is 1. The van der Waals surface area contributed by atoms with Gasteiger partial charge in [0.25, 0.3) is 0 Å². The van der Waals surface area contributed by atoms with Gasteiger partial charge in [0.2, 0.25) is 5.91 Å². The number of likely N-dealkylation sites (N-methyl/N-ethyl adjacent to an activating group) is 1. The van der Waals surface area contributed by atoms with Crippen LogP contribution in [-0.2, 0) is 23.1 Å². The fourth-order valence-corrected chi connectivity index (χ4v) is 7.18. The lowest BCUT2D eigenvalue weighted by molar-refractivity contribution is -0.167. The van der Waals surface area contributed by atoms with Crippen molar-refractivity contribution in [2.24, 2.45) is 0 Å². The van der Waals surface area contributed by atoms with Crippen molar-refractivity contribution in [1.29, 1.82) is 0 Å². The minimum atomic E-state index is -1.12. The van der Waals surface area contributed by atoms with Crippen LogP contribution in [-0.4, -0.2) is 51.2 Å². The minimum Gasteiger partial charge on any atom is -0.504 e. The molecule has 3 aromatic rings. The molecule has 2 aromatic carbocycles. The molecule has 1 spiro atoms. The van der Waals surface area contributed by atoms with Gasteiger partial charge in [-0.25, -0.2) is 4.98 Å². The number of aliphatic hydroxyl groups is 1. The molecule has 3 heterocycles. The molecule has 1 aromatic heterocycles. The Morgan fingerprint density at radius 2 is 2.09 bits per heavy atom. The number of phenolic OH excluding ortho intramolecular Hbond substituents is 1. The van der Waals surface area contributed by atoms with Crippen LogP contribution in [0.5, 0.6) is 11.5 Å². The normalized spacial score (nSPS) is 31.0. The number of nitrogens with zero attached hydrogens (tertiary/aromatic N) is 2. The molecular weight excluding hydrogens is 418 g/mol. The lowest BCUT2D eigenvalue weighted by Gasteiger charge is -2.62. The SMILES string of the molecule is CC(=O)Nc1c2c(nc3ccccc13)C1Oc3c(O)ccc4c3[C@@]13CCN(C)[C@H](C4)C3(O)C2. The van der Waals surface area contributed by atoms with Crippen molar-refractivity contribution in [3.63, 3.8) is 0 Å². The highest BCUT2D eigenvalue weighted by Crippen LogP contribution is 2.68. The Morgan fingerprint density at radius 1 is 1.27 bits per heavy atom. The number of carbonyl (C=O) groups excluding carboxylic acids is 1. The number of amides is 1. The highest BCUT2D eigenvalue weighted by atomic mass is 16.5. The van der Waals surface area contributed by atoms with Gasteiger partial charge in [0.05, 0.1) is 27.9 Å². The molecule has 3 N–H and O–H groups in total. The number of anilines is 1. The Bertz CT molecular complexity index is 1390. The smallest absolute Gasteiger partial charge is 0.221 e. The topological polar surface area (TPSA) is 94.9 Å². The van der Waals surface area contributed by atoms with E-state index in [0.717, 1.165) is 39.8 Å². The predicted octanol–water partition coefficient (Wildman–Crippen LogP) is 2.82. The van der Waals surface area contributed by atoms with Gasteiger partial charge in [-0.1, -0.05) is 24.3 Å². The van der Waals surface area contributed by atoms with Crippen LogP contribution < -0.4 is 10.1 Å². The molecule has 2 aliphatic carbocycles. The van der Waals surface area contributed by atoms with Crippen molar-refractivity contribution in [2.45, 2.75) is 49.3 Å². The number of hydrogen-bond donors (Lipinski definition) is 3. The molecule has 7 nitrogen and oxygen atoms in total. The summed E-state index contributed by atoms with van der Waals surface area (Å²) < 4.78 is 6.54. The zero-order valence-corrected chi connectivity index (χ0v) is 18.6. The molecule has 7 rings (SSSR count). The van der Waals surface area contributed by atoms with E-state index < -0.39 is 17.1 Å². The van der Waals surface area contributed by atoms with E-state index in [2.05, 4.69) is 17.3 Å². The number of ether oxygens (including phenoxy) is 1. The molecule has 2 aliphatic heterocycles. The third kappa shape index (κ3) is 2.13. The molecule has 2 unspecified atom stereocenters. The molecular formula is C26H25N3O4. The van der Waals surface area contributed by atoms with E-state index in [0.29, 0.717) is 30.7 Å². The van der Waals surface area contributed by atoms with Crippen LogP contribution in [0, 0.1) is 0 Å². The maximum atomic E-state index is 12.6. The van der Waals surface area contributed by atoms with E-state index in [4.69, 9.17) is 9.72 Å². The molecule has 4 atom stereocenters. The summed E-state index contributed by atoms with van der Waals surface area (Å²) >= 11 is 0. The first-order valence-corrected chi connectivity index (χ1v) is 11.5. The average Bonchev–Trinajstić information content (AvgIpc) is 3.14. The van der Waals surface area contributed by atoms with Gasteiger partial charge < -0.3 is 25.2 Å². The van der Waals surface area contributed by atoms with Crippen LogP contribution in [0.1, 0.15) is 41.8 Å². The third-order valence-electron chi connectivity index (χ3n) is 8.50. The zero-order valence-electron chi connectivity index (χ0n) is 18.6. The quantitative estimate of drug-likeness (QED) is 0.536. The van der Waals surface area contributed by atoms with E-state index in [1.165, 1.54) is 6.92 Å². The number of piperidine rings is 1. The van der Waals surface area contributed by atoms with Gasteiger partial charge in [0.1, 0.15) is 0 Å². The van der Waals surface area contributed by atoms with Gasteiger partial charge in [0, 0.05) is 35.9 Å². The summed E-state index contributed by atoms with van der Waals surface area (Å²) in [7, 11) is 2.06. The van der Waals surface area contributed by atoms with Crippen LogP contribution in [0.15, 0.2) is 36.4 Å². The maximum absolute atomic E-state index is 12.6. The second-order valence-corrected chi connectivity index (χ2v) is 10.0. The molecule has 4 aliphatic rings. The summed E-state index contributed by atoms with van der Waals surface area (Å²) in [6.45, 7) is 2.32. The first kappa shape index (κ1) is 19.3. The number of likely N-dealkylation sites (tertiary alicyclic amines) is 1. The Morgan fingerprint density at radius 3 is 2.91 bits per heavy atom. The lowest BCUT2D eigenvalue weighted by atomic mass is 9.49. The molecule has 0 saturated carbocycles. The first-order chi connectivity index (χ1) is 15.8. The Kier molecular flexibility index (Phi) is 3.54. The summed E-state index contributed by atoms with van der Waals surface area (Å²) in [5.41, 5.74) is 3.28. The standard InChI is InChI=1S/C26H25N3O4/c1-13(30)27-21-15-5-3-4-6-17(15)28-22-16(21)12-26(32)19-11-14-7-8-18(31)23-20(14)25(26,24(22)33-23)9-10-29(19)2/h3-8,19,24,31-32H,9-12H2,1-2H3,(H,27,28,30)/t19-,24?,25+,26?/m1/s1. The van der Waals surface area contributed by atoms with Crippen LogP contribution in [0.3, 0.4) is 0 Å². The van der Waals surface area contributed by atoms with Gasteiger partial charge in [0.15, 0.2) is 17.6 Å². The van der Waals surface area contributed by atoms with Crippen molar-refractivity contribution in [2.75, 3.05) is 18.9 Å². The Balaban J connectivity index is 1.59. The highest BCUT2D eigenvalue weighted by Gasteiger charge is 2.72. The number of aromatic hydroxyl groups is 1. The minimum absolute atomic E-state index is 0.0988. The zero-order chi connectivity index (χ0) is 22.7. The van der Waals surface area contributed by atoms with Gasteiger partial charge >= 0.3 is 0 Å². The molecule has 1 saturated heterocycles. The van der Waals surface area contributed by atoms with Crippen molar-refractivity contribution in [1.82, 2.24) is 9.88 Å². The number of nitrogens with one attached hydrogen (secondary N) is 1. The summed E-state index contributed by atoms with van der Waals surface area (Å²) in [5.74, 6) is 0.404. The van der Waals surface area contributed by atoms with Gasteiger partial charge in [-0.15, -0.1) is 0 Å². The van der Waals surface area contributed by atoms with E-state index in [-0.39, 0.29) is 17.7 Å². The number of hydrogen-bond acceptors (Lipinski definition) is 6. The molecule has 33 heavy (non-hydrogen) atoms. The largest absolute Gasteiger partial charge is 0.504 e. The van der Waals surface area contributed by atoms with E-state index in [1.807, 2.05) is 30.3 Å². The van der Waals surface area contributed by atoms with E-state index in [9.17, 15) is 15.0 Å². The van der Waals surface area contributed by atoms with Gasteiger partial charge in [-0.05, 0) is 44.1 Å². The highest BCUT2D eigenvalue weighted by molar-refractivity contribution is 6.02. The van der Waals surface area contributed by atoms with Crippen LogP contribution in [0.2, 0.25) is 0 Å². The molecule has 0 radical (unpaired) electrons. The number of benzene rings is 2. The first-order valence-electron chi connectivity index (χ1n) is 11.5. The summed E-state index contributed by atoms with van der Waals surface area (Å²) in [6, 6.07) is 11.3. The summed E-state index contributed by atoms with van der Waals surface area (Å²) in [6.07, 6.45) is 1.20. The Hall–Kier alpha value is -3.16. The Labute approximate surface area is 191 Å². The van der Waals surface area contributed by atoms with Crippen LogP contribution in [0.4, 0.5) is 5.69 Å². The molecule has 7 heteroatoms. The van der Waals surface area contributed by atoms with Crippen molar-refractivity contribution >= 4 is 22.5 Å². The fraction of sp³-hybridized carbons (Fsp3) is 0.385. The van der Waals surface area contributed by atoms with Crippen LogP contribution in [0.25, 0.3) is 10.9 Å². The number of aromatic nitrogens is 1. The number of fused-ring (bicyclic) bond motifs is 3. The molecule has 1 amide bonds. The number of phenols is 1. The van der Waals surface area contributed by atoms with E-state index in [1.54, 1.807) is 6.07 Å². The van der Waals surface area contributed by atoms with Crippen LogP contribution >= 0.6 is 0 Å². The molecule has 1 fully saturated rings. The molecule has 2 bridgehead atoms. The summed E-state index contributed by atoms with van der Waals surface area (Å²) in [5, 5.41) is 27.2. The second kappa shape index (κ2) is 6.04. The van der Waals surface area contributed by atoms with Gasteiger partial charge in [-0.3, -0.25) is 4.79 Å². The lowest BCUT2D eigenvalue weighted by Crippen LogP contribution is -2.74. The maximum Gasteiger partial charge on any atom is 0.221 e. The van der Waals surface area contributed by atoms with Gasteiger partial charge in [-0.2, -0.15) is 0 Å². The van der Waals surface area contributed by atoms with Crippen molar-refractivity contribution in [3.8, 4) is 11.5 Å². The number of para-hydroxylation sites is 1. The van der Waals surface area contributed by atoms with Crippen molar-refractivity contribution in [3.05, 3.63) is 58.8 Å². The number of pyridine rings is 1. The summed E-state index contributed by atoms with van der Waals surface area (Å²) in [4.78, 5) is 19.5. The molecule has 168 valence electrons. The average molecular weight is 444 g/mol. The predicted molar refractivity (Wildman–Crippen MR) is 123 cm³/mol. The fourth-order valence-electron chi connectivity index (χ4n) is 7.18. The third-order valence-corrected chi connectivity index (χ3v) is 8.50. The number of carbonyl (C=O) groups is 1. The second-order valence-electron chi connectivity index (χ2n) is 10.0. The van der Waals surface area contributed by atoms with E-state index >= 15 is 0 Å². The monoisotopic (exact) mass is 443 g/mol. The van der Waals surface area contributed by atoms with Crippen molar-refractivity contribution < 1.29 is 19.7 Å².